The Bertz CT molecular complexity index is 1160. The molecule has 2 aromatic carbocycles. The molecular formula is C24H28N6. The predicted octanol–water partition coefficient (Wildman–Crippen LogP) is 3.83. The average Bonchev–Trinajstić information content (AvgIpc) is 3.53. The van der Waals surface area contributed by atoms with Crippen LogP contribution in [0.1, 0.15) is 42.6 Å². The van der Waals surface area contributed by atoms with Gasteiger partial charge in [-0.15, -0.1) is 0 Å². The van der Waals surface area contributed by atoms with Crippen LogP contribution in [0.4, 0.5) is 0 Å². The van der Waals surface area contributed by atoms with Crippen molar-refractivity contribution in [2.24, 2.45) is 0 Å². The van der Waals surface area contributed by atoms with Crippen molar-refractivity contribution in [1.29, 1.82) is 0 Å². The number of imidazole rings is 2. The molecular weight excluding hydrogens is 372 g/mol. The third-order valence-corrected chi connectivity index (χ3v) is 6.86. The Hall–Kier alpha value is -2.70. The quantitative estimate of drug-likeness (QED) is 0.547. The van der Waals surface area contributed by atoms with Gasteiger partial charge in [0.2, 0.25) is 0 Å². The molecule has 154 valence electrons. The Labute approximate surface area is 176 Å². The number of hydrogen-bond acceptors (Lipinski definition) is 4. The minimum Gasteiger partial charge on any atom is -0.345 e. The first-order valence-corrected chi connectivity index (χ1v) is 11.2. The van der Waals surface area contributed by atoms with Crippen LogP contribution in [0.15, 0.2) is 48.8 Å². The number of aromatic nitrogens is 4. The number of hydrogen-bond donors (Lipinski definition) is 2. The largest absolute Gasteiger partial charge is 0.345 e. The second kappa shape index (κ2) is 7.52. The van der Waals surface area contributed by atoms with Crippen LogP contribution in [0, 0.1) is 0 Å². The van der Waals surface area contributed by atoms with E-state index in [1.165, 1.54) is 36.2 Å². The maximum absolute atomic E-state index is 5.08. The number of nitrogens with zero attached hydrogens (tertiary/aromatic N) is 4. The summed E-state index contributed by atoms with van der Waals surface area (Å²) in [6.45, 7) is 5.41. The fourth-order valence-electron chi connectivity index (χ4n) is 5.28. The van der Waals surface area contributed by atoms with Crippen molar-refractivity contribution in [3.63, 3.8) is 0 Å². The molecule has 0 saturated carbocycles. The second-order valence-electron chi connectivity index (χ2n) is 8.78. The number of benzene rings is 2. The van der Waals surface area contributed by atoms with Crippen molar-refractivity contribution in [1.82, 2.24) is 29.7 Å². The van der Waals surface area contributed by atoms with Gasteiger partial charge in [0.05, 0.1) is 28.4 Å². The van der Waals surface area contributed by atoms with E-state index in [1.807, 2.05) is 0 Å². The van der Waals surface area contributed by atoms with Gasteiger partial charge in [-0.1, -0.05) is 18.2 Å². The van der Waals surface area contributed by atoms with Gasteiger partial charge in [0.25, 0.3) is 0 Å². The van der Waals surface area contributed by atoms with Crippen LogP contribution in [0.5, 0.6) is 0 Å². The Morgan fingerprint density at radius 1 is 1.00 bits per heavy atom. The summed E-state index contributed by atoms with van der Waals surface area (Å²) in [5, 5.41) is 3.52. The zero-order valence-electron chi connectivity index (χ0n) is 17.2. The number of piperidine rings is 1. The number of rotatable bonds is 4. The third kappa shape index (κ3) is 3.20. The zero-order valence-corrected chi connectivity index (χ0v) is 17.2. The third-order valence-electron chi connectivity index (χ3n) is 6.86. The van der Waals surface area contributed by atoms with Crippen LogP contribution in [0.3, 0.4) is 0 Å². The smallest absolute Gasteiger partial charge is 0.114 e. The molecule has 0 spiro atoms. The molecule has 2 aliphatic heterocycles. The Kier molecular flexibility index (Phi) is 4.54. The van der Waals surface area contributed by atoms with Crippen molar-refractivity contribution in [2.75, 3.05) is 26.2 Å². The molecule has 4 heterocycles. The Balaban J connectivity index is 1.21. The minimum absolute atomic E-state index is 0.538. The molecule has 0 aliphatic carbocycles. The maximum Gasteiger partial charge on any atom is 0.114 e. The van der Waals surface area contributed by atoms with Gasteiger partial charge in [0.1, 0.15) is 5.82 Å². The van der Waals surface area contributed by atoms with E-state index in [0.29, 0.717) is 12.0 Å². The average molecular weight is 401 g/mol. The summed E-state index contributed by atoms with van der Waals surface area (Å²) in [7, 11) is 0. The second-order valence-corrected chi connectivity index (χ2v) is 8.78. The number of para-hydroxylation sites is 2. The highest BCUT2D eigenvalue weighted by atomic mass is 15.2. The van der Waals surface area contributed by atoms with Gasteiger partial charge in [0.15, 0.2) is 0 Å². The maximum atomic E-state index is 5.08. The molecule has 1 atom stereocenters. The number of aromatic amines is 1. The molecule has 0 unspecified atom stereocenters. The lowest BCUT2D eigenvalue weighted by Gasteiger charge is -2.34. The highest BCUT2D eigenvalue weighted by molar-refractivity contribution is 5.76. The van der Waals surface area contributed by atoms with Gasteiger partial charge in [-0.2, -0.15) is 0 Å². The van der Waals surface area contributed by atoms with E-state index in [-0.39, 0.29) is 0 Å². The van der Waals surface area contributed by atoms with Crippen molar-refractivity contribution in [3.05, 3.63) is 60.2 Å². The van der Waals surface area contributed by atoms with Crippen LogP contribution in [0.25, 0.3) is 22.1 Å². The molecule has 0 amide bonds. The Morgan fingerprint density at radius 2 is 1.90 bits per heavy atom. The first kappa shape index (κ1) is 18.1. The molecule has 2 fully saturated rings. The lowest BCUT2D eigenvalue weighted by Crippen LogP contribution is -2.34. The summed E-state index contributed by atoms with van der Waals surface area (Å²) in [5.74, 6) is 1.83. The molecule has 2 saturated heterocycles. The summed E-state index contributed by atoms with van der Waals surface area (Å²) < 4.78 is 2.58. The summed E-state index contributed by atoms with van der Waals surface area (Å²) in [6.07, 6.45) is 5.32. The van der Waals surface area contributed by atoms with Gasteiger partial charge in [-0.05, 0) is 55.6 Å². The number of fused-ring (bicyclic) bond motifs is 2. The summed E-state index contributed by atoms with van der Waals surface area (Å²) in [6, 6.07) is 15.8. The molecule has 30 heavy (non-hydrogen) atoms. The highest BCUT2D eigenvalue weighted by Gasteiger charge is 2.29. The van der Waals surface area contributed by atoms with E-state index >= 15 is 0 Å². The first-order chi connectivity index (χ1) is 14.8. The lowest BCUT2D eigenvalue weighted by atomic mass is 10.0. The lowest BCUT2D eigenvalue weighted by molar-refractivity contribution is 0.179. The van der Waals surface area contributed by atoms with Gasteiger partial charge in [-0.25, -0.2) is 9.97 Å². The summed E-state index contributed by atoms with van der Waals surface area (Å²) in [4.78, 5) is 15.2. The molecule has 6 nitrogen and oxygen atoms in total. The van der Waals surface area contributed by atoms with E-state index in [4.69, 9.17) is 4.98 Å². The summed E-state index contributed by atoms with van der Waals surface area (Å²) in [5.41, 5.74) is 5.98. The van der Waals surface area contributed by atoms with E-state index in [9.17, 15) is 0 Å². The van der Waals surface area contributed by atoms with Crippen molar-refractivity contribution in [2.45, 2.75) is 37.8 Å². The molecule has 2 aliphatic rings. The number of nitrogens with one attached hydrogen (secondary N) is 2. The van der Waals surface area contributed by atoms with Crippen molar-refractivity contribution < 1.29 is 0 Å². The molecule has 4 aromatic rings. The number of likely N-dealkylation sites (tertiary alicyclic amines) is 1. The monoisotopic (exact) mass is 400 g/mol. The van der Waals surface area contributed by atoms with Gasteiger partial charge < -0.3 is 14.9 Å². The molecule has 0 bridgehead atoms. The van der Waals surface area contributed by atoms with E-state index in [1.54, 1.807) is 6.33 Å². The zero-order chi connectivity index (χ0) is 19.9. The van der Waals surface area contributed by atoms with Gasteiger partial charge >= 0.3 is 0 Å². The van der Waals surface area contributed by atoms with E-state index < -0.39 is 0 Å². The molecule has 6 heteroatoms. The van der Waals surface area contributed by atoms with Crippen LogP contribution in [-0.4, -0.2) is 50.6 Å². The fraction of sp³-hybridized carbons (Fsp3) is 0.417. The normalized spacial score (nSPS) is 21.1. The highest BCUT2D eigenvalue weighted by Crippen LogP contribution is 2.34. The minimum atomic E-state index is 0.538. The predicted molar refractivity (Wildman–Crippen MR) is 120 cm³/mol. The molecule has 6 rings (SSSR count). The fourth-order valence-corrected chi connectivity index (χ4v) is 5.28. The SMILES string of the molecule is c1ccc2c(c1)nc([C@@H]1CCNC1)n2C1CCN(Cc2ccc3nc[nH]c3c2)CC1. The summed E-state index contributed by atoms with van der Waals surface area (Å²) >= 11 is 0. The number of H-pyrrole nitrogens is 1. The molecule has 2 N–H and O–H groups in total. The first-order valence-electron chi connectivity index (χ1n) is 11.2. The Morgan fingerprint density at radius 3 is 2.77 bits per heavy atom. The van der Waals surface area contributed by atoms with Crippen LogP contribution < -0.4 is 5.32 Å². The van der Waals surface area contributed by atoms with Gasteiger partial charge in [-0.3, -0.25) is 4.90 Å². The van der Waals surface area contributed by atoms with Crippen molar-refractivity contribution in [3.8, 4) is 0 Å². The van der Waals surface area contributed by atoms with E-state index in [2.05, 4.69) is 67.2 Å². The van der Waals surface area contributed by atoms with E-state index in [0.717, 1.165) is 49.3 Å². The topological polar surface area (TPSA) is 61.8 Å². The molecule has 2 aromatic heterocycles. The van der Waals surface area contributed by atoms with Crippen LogP contribution >= 0.6 is 0 Å². The van der Waals surface area contributed by atoms with Gasteiger partial charge in [0, 0.05) is 38.1 Å². The van der Waals surface area contributed by atoms with Crippen molar-refractivity contribution >= 4 is 22.1 Å². The van der Waals surface area contributed by atoms with Crippen LogP contribution in [0.2, 0.25) is 0 Å². The van der Waals surface area contributed by atoms with Crippen LogP contribution in [-0.2, 0) is 6.54 Å². The molecule has 0 radical (unpaired) electrons. The standard InChI is InChI=1S/C24H28N6/c1-2-4-23-21(3-1)28-24(18-7-10-25-14-18)30(23)19-8-11-29(12-9-19)15-17-5-6-20-22(13-17)27-16-26-20/h1-6,13,16,18-19,25H,7-12,14-15H2,(H,26,27)/t18-/m1/s1.